The zero-order valence-electron chi connectivity index (χ0n) is 11.1. The molecule has 0 aromatic heterocycles. The first-order valence-electron chi connectivity index (χ1n) is 6.05. The number of halogens is 3. The number of nitrogens with one attached hydrogen (secondary N) is 1. The maximum Gasteiger partial charge on any atom is 0.133 e. The first-order chi connectivity index (χ1) is 9.49. The van der Waals surface area contributed by atoms with Crippen molar-refractivity contribution in [2.45, 2.75) is 13.0 Å². The van der Waals surface area contributed by atoms with Gasteiger partial charge in [-0.15, -0.1) is 0 Å². The predicted octanol–water partition coefficient (Wildman–Crippen LogP) is 5.42. The van der Waals surface area contributed by atoms with Gasteiger partial charge in [-0.1, -0.05) is 17.7 Å². The Morgan fingerprint density at radius 3 is 2.60 bits per heavy atom. The summed E-state index contributed by atoms with van der Waals surface area (Å²) in [6.45, 7) is 1.99. The molecular formula is C15H14BrClFNO. The molecule has 0 saturated carbocycles. The fourth-order valence-corrected chi connectivity index (χ4v) is 2.70. The van der Waals surface area contributed by atoms with E-state index in [0.29, 0.717) is 10.7 Å². The van der Waals surface area contributed by atoms with Crippen LogP contribution < -0.4 is 10.1 Å². The van der Waals surface area contributed by atoms with Crippen LogP contribution in [0.4, 0.5) is 10.1 Å². The lowest BCUT2D eigenvalue weighted by Crippen LogP contribution is -2.07. The topological polar surface area (TPSA) is 21.3 Å². The van der Waals surface area contributed by atoms with Crippen molar-refractivity contribution in [3.63, 3.8) is 0 Å². The molecule has 0 saturated heterocycles. The van der Waals surface area contributed by atoms with Crippen molar-refractivity contribution in [3.05, 3.63) is 57.3 Å². The van der Waals surface area contributed by atoms with Crippen LogP contribution in [0.1, 0.15) is 18.5 Å². The van der Waals surface area contributed by atoms with Crippen molar-refractivity contribution >= 4 is 33.2 Å². The fraction of sp³-hybridized carbons (Fsp3) is 0.200. The molecule has 0 aliphatic rings. The fourth-order valence-electron chi connectivity index (χ4n) is 1.92. The number of hydrogen-bond donors (Lipinski definition) is 1. The molecule has 2 aromatic rings. The number of hydrogen-bond acceptors (Lipinski definition) is 2. The van der Waals surface area contributed by atoms with Gasteiger partial charge in [0.15, 0.2) is 0 Å². The molecule has 0 heterocycles. The lowest BCUT2D eigenvalue weighted by molar-refractivity contribution is 0.412. The molecule has 5 heteroatoms. The van der Waals surface area contributed by atoms with Gasteiger partial charge in [0.05, 0.1) is 11.6 Å². The van der Waals surface area contributed by atoms with Crippen molar-refractivity contribution in [1.29, 1.82) is 0 Å². The van der Waals surface area contributed by atoms with Gasteiger partial charge in [-0.05, 0) is 58.7 Å². The Kier molecular flexibility index (Phi) is 4.89. The van der Waals surface area contributed by atoms with Gasteiger partial charge in [0.2, 0.25) is 0 Å². The van der Waals surface area contributed by atoms with Crippen LogP contribution in [0, 0.1) is 5.82 Å². The largest absolute Gasteiger partial charge is 0.496 e. The van der Waals surface area contributed by atoms with E-state index in [1.807, 2.05) is 25.1 Å². The predicted molar refractivity (Wildman–Crippen MR) is 84.1 cm³/mol. The third-order valence-corrected chi connectivity index (χ3v) is 3.76. The lowest BCUT2D eigenvalue weighted by atomic mass is 10.1. The molecular weight excluding hydrogens is 345 g/mol. The van der Waals surface area contributed by atoms with E-state index in [9.17, 15) is 4.39 Å². The molecule has 0 spiro atoms. The standard InChI is InChI=1S/C15H14BrClFNO/c1-9(10-3-4-15(20-2)14(16)5-10)19-13-7-11(17)6-12(18)8-13/h3-9,19H,1-2H3. The summed E-state index contributed by atoms with van der Waals surface area (Å²) >= 11 is 9.29. The third-order valence-electron chi connectivity index (χ3n) is 2.92. The zero-order chi connectivity index (χ0) is 14.7. The van der Waals surface area contributed by atoms with Gasteiger partial charge in [-0.2, -0.15) is 0 Å². The second-order valence-electron chi connectivity index (χ2n) is 4.42. The zero-order valence-corrected chi connectivity index (χ0v) is 13.4. The molecule has 1 unspecified atom stereocenters. The molecule has 2 nitrogen and oxygen atoms in total. The van der Waals surface area contributed by atoms with E-state index in [2.05, 4.69) is 21.2 Å². The Bertz CT molecular complexity index is 601. The summed E-state index contributed by atoms with van der Waals surface area (Å²) in [5, 5.41) is 3.59. The van der Waals surface area contributed by atoms with Crippen LogP contribution in [0.15, 0.2) is 40.9 Å². The summed E-state index contributed by atoms with van der Waals surface area (Å²) < 4.78 is 19.4. The van der Waals surface area contributed by atoms with E-state index in [1.165, 1.54) is 12.1 Å². The normalized spacial score (nSPS) is 12.1. The highest BCUT2D eigenvalue weighted by Crippen LogP contribution is 2.30. The van der Waals surface area contributed by atoms with E-state index in [-0.39, 0.29) is 11.9 Å². The Balaban J connectivity index is 2.19. The smallest absolute Gasteiger partial charge is 0.133 e. The molecule has 0 fully saturated rings. The van der Waals surface area contributed by atoms with Crippen LogP contribution in [0.3, 0.4) is 0 Å². The summed E-state index contributed by atoms with van der Waals surface area (Å²) in [5.41, 5.74) is 1.70. The van der Waals surface area contributed by atoms with Gasteiger partial charge in [0, 0.05) is 16.8 Å². The van der Waals surface area contributed by atoms with Gasteiger partial charge in [-0.3, -0.25) is 0 Å². The molecule has 0 aliphatic heterocycles. The Labute approximate surface area is 131 Å². The molecule has 0 radical (unpaired) electrons. The number of rotatable bonds is 4. The number of ether oxygens (including phenoxy) is 1. The summed E-state index contributed by atoms with van der Waals surface area (Å²) in [6, 6.07) is 10.2. The highest BCUT2D eigenvalue weighted by molar-refractivity contribution is 9.10. The van der Waals surface area contributed by atoms with Crippen molar-refractivity contribution in [3.8, 4) is 5.75 Å². The second-order valence-corrected chi connectivity index (χ2v) is 5.71. The molecule has 2 rings (SSSR count). The van der Waals surface area contributed by atoms with Crippen LogP contribution in [0.25, 0.3) is 0 Å². The molecule has 1 atom stereocenters. The number of anilines is 1. The minimum Gasteiger partial charge on any atom is -0.496 e. The SMILES string of the molecule is COc1ccc(C(C)Nc2cc(F)cc(Cl)c2)cc1Br. The van der Waals surface area contributed by atoms with Gasteiger partial charge in [0.1, 0.15) is 11.6 Å². The minimum atomic E-state index is -0.358. The van der Waals surface area contributed by atoms with Gasteiger partial charge in [-0.25, -0.2) is 4.39 Å². The van der Waals surface area contributed by atoms with Crippen molar-refractivity contribution in [2.24, 2.45) is 0 Å². The monoisotopic (exact) mass is 357 g/mol. The maximum atomic E-state index is 13.3. The quantitative estimate of drug-likeness (QED) is 0.787. The molecule has 0 amide bonds. The molecule has 1 N–H and O–H groups in total. The Morgan fingerprint density at radius 2 is 2.00 bits per heavy atom. The average Bonchev–Trinajstić information content (AvgIpc) is 2.37. The summed E-state index contributed by atoms with van der Waals surface area (Å²) in [5.74, 6) is 0.415. The minimum absolute atomic E-state index is 0.00933. The van der Waals surface area contributed by atoms with Gasteiger partial charge >= 0.3 is 0 Å². The highest BCUT2D eigenvalue weighted by atomic mass is 79.9. The molecule has 0 bridgehead atoms. The second kappa shape index (κ2) is 6.46. The molecule has 20 heavy (non-hydrogen) atoms. The van der Waals surface area contributed by atoms with Crippen molar-refractivity contribution in [1.82, 2.24) is 0 Å². The van der Waals surface area contributed by atoms with Crippen LogP contribution in [0.5, 0.6) is 5.75 Å². The van der Waals surface area contributed by atoms with E-state index >= 15 is 0 Å². The van der Waals surface area contributed by atoms with Gasteiger partial charge < -0.3 is 10.1 Å². The summed E-state index contributed by atoms with van der Waals surface area (Å²) in [4.78, 5) is 0. The highest BCUT2D eigenvalue weighted by Gasteiger charge is 2.09. The molecule has 106 valence electrons. The van der Waals surface area contributed by atoms with Crippen molar-refractivity contribution in [2.75, 3.05) is 12.4 Å². The lowest BCUT2D eigenvalue weighted by Gasteiger charge is -2.17. The average molecular weight is 359 g/mol. The first-order valence-corrected chi connectivity index (χ1v) is 7.23. The van der Waals surface area contributed by atoms with Crippen LogP contribution in [0.2, 0.25) is 5.02 Å². The summed E-state index contributed by atoms with van der Waals surface area (Å²) in [7, 11) is 1.62. The first kappa shape index (κ1) is 15.1. The third kappa shape index (κ3) is 3.64. The van der Waals surface area contributed by atoms with Gasteiger partial charge in [0.25, 0.3) is 0 Å². The summed E-state index contributed by atoms with van der Waals surface area (Å²) in [6.07, 6.45) is 0. The number of benzene rings is 2. The Morgan fingerprint density at radius 1 is 1.25 bits per heavy atom. The molecule has 0 aliphatic carbocycles. The van der Waals surface area contributed by atoms with Crippen LogP contribution in [-0.2, 0) is 0 Å². The maximum absolute atomic E-state index is 13.3. The van der Waals surface area contributed by atoms with E-state index in [1.54, 1.807) is 13.2 Å². The number of methoxy groups -OCH3 is 1. The van der Waals surface area contributed by atoms with E-state index < -0.39 is 0 Å². The Hall–Kier alpha value is -1.26. The van der Waals surface area contributed by atoms with Crippen LogP contribution in [-0.4, -0.2) is 7.11 Å². The van der Waals surface area contributed by atoms with Crippen LogP contribution >= 0.6 is 27.5 Å². The van der Waals surface area contributed by atoms with E-state index in [0.717, 1.165) is 15.8 Å². The molecule has 2 aromatic carbocycles. The van der Waals surface area contributed by atoms with E-state index in [4.69, 9.17) is 16.3 Å². The van der Waals surface area contributed by atoms with Crippen molar-refractivity contribution < 1.29 is 9.13 Å².